The fourth-order valence-corrected chi connectivity index (χ4v) is 0.696. The number of aryl methyl sites for hydroxylation is 1. The fraction of sp³-hybridized carbons (Fsp3) is 0.667. The number of nitrogen functional groups attached to an aromatic ring is 1. The Bertz CT molecular complexity index is 197. The van der Waals surface area contributed by atoms with Crippen molar-refractivity contribution in [2.45, 2.75) is 26.2 Å². The van der Waals surface area contributed by atoms with Gasteiger partial charge in [0.1, 0.15) is 0 Å². The quantitative estimate of drug-likeness (QED) is 0.681. The predicted octanol–water partition coefficient (Wildman–Crippen LogP) is 0.994. The maximum absolute atomic E-state index is 5.21. The van der Waals surface area contributed by atoms with Crippen molar-refractivity contribution in [3.05, 3.63) is 5.89 Å². The van der Waals surface area contributed by atoms with Crippen LogP contribution >= 0.6 is 0 Å². The molecule has 56 valence electrons. The minimum absolute atomic E-state index is 0.158. The highest BCUT2D eigenvalue weighted by atomic mass is 16.4. The molecule has 0 aromatic carbocycles. The second-order valence-electron chi connectivity index (χ2n) is 2.14. The molecular weight excluding hydrogens is 130 g/mol. The molecule has 0 unspecified atom stereocenters. The Kier molecular flexibility index (Phi) is 2.25. The van der Waals surface area contributed by atoms with Gasteiger partial charge in [-0.3, -0.25) is 0 Å². The lowest BCUT2D eigenvalue weighted by Crippen LogP contribution is -1.83. The normalized spacial score (nSPS) is 10.1. The van der Waals surface area contributed by atoms with Gasteiger partial charge >= 0.3 is 6.01 Å². The van der Waals surface area contributed by atoms with Crippen molar-refractivity contribution < 1.29 is 4.42 Å². The molecule has 0 spiro atoms. The molecule has 4 nitrogen and oxygen atoms in total. The molecular formula is C6H11N3O. The van der Waals surface area contributed by atoms with E-state index in [9.17, 15) is 0 Å². The number of anilines is 1. The molecule has 0 atom stereocenters. The molecule has 0 saturated carbocycles. The summed E-state index contributed by atoms with van der Waals surface area (Å²) in [4.78, 5) is 0. The van der Waals surface area contributed by atoms with E-state index in [0.29, 0.717) is 5.89 Å². The summed E-state index contributed by atoms with van der Waals surface area (Å²) in [7, 11) is 0. The standard InChI is InChI=1S/C6H11N3O/c1-2-3-4-5-8-9-6(7)10-5/h2-4H2,1H3,(H2,7,9). The molecule has 0 fully saturated rings. The Morgan fingerprint density at radius 2 is 2.30 bits per heavy atom. The first-order valence-corrected chi connectivity index (χ1v) is 3.40. The molecule has 1 rings (SSSR count). The summed E-state index contributed by atoms with van der Waals surface area (Å²) in [5.41, 5.74) is 5.21. The monoisotopic (exact) mass is 141 g/mol. The van der Waals surface area contributed by atoms with Crippen LogP contribution < -0.4 is 5.73 Å². The van der Waals surface area contributed by atoms with Gasteiger partial charge in [0, 0.05) is 6.42 Å². The minimum Gasteiger partial charge on any atom is -0.408 e. The molecule has 4 heteroatoms. The van der Waals surface area contributed by atoms with Crippen LogP contribution in [0.4, 0.5) is 6.01 Å². The number of hydrogen-bond acceptors (Lipinski definition) is 4. The van der Waals surface area contributed by atoms with Crippen molar-refractivity contribution in [1.29, 1.82) is 0 Å². The van der Waals surface area contributed by atoms with Gasteiger partial charge in [0.05, 0.1) is 0 Å². The van der Waals surface area contributed by atoms with Crippen molar-refractivity contribution in [3.8, 4) is 0 Å². The third-order valence-corrected chi connectivity index (χ3v) is 1.23. The van der Waals surface area contributed by atoms with Gasteiger partial charge in [-0.1, -0.05) is 18.4 Å². The summed E-state index contributed by atoms with van der Waals surface area (Å²) in [5.74, 6) is 0.638. The first-order valence-electron chi connectivity index (χ1n) is 3.40. The third-order valence-electron chi connectivity index (χ3n) is 1.23. The van der Waals surface area contributed by atoms with Crippen LogP contribution in [0.25, 0.3) is 0 Å². The van der Waals surface area contributed by atoms with Crippen molar-refractivity contribution in [1.82, 2.24) is 10.2 Å². The lowest BCUT2D eigenvalue weighted by molar-refractivity contribution is 0.500. The van der Waals surface area contributed by atoms with Gasteiger partial charge < -0.3 is 10.2 Å². The molecule has 0 aliphatic heterocycles. The molecule has 1 aromatic rings. The Morgan fingerprint density at radius 1 is 1.50 bits per heavy atom. The smallest absolute Gasteiger partial charge is 0.312 e. The van der Waals surface area contributed by atoms with Crippen LogP contribution in [0.15, 0.2) is 4.42 Å². The number of aromatic nitrogens is 2. The summed E-state index contributed by atoms with van der Waals surface area (Å²) < 4.78 is 4.94. The zero-order chi connectivity index (χ0) is 7.40. The maximum atomic E-state index is 5.21. The van der Waals surface area contributed by atoms with E-state index in [-0.39, 0.29) is 6.01 Å². The van der Waals surface area contributed by atoms with Gasteiger partial charge in [-0.05, 0) is 6.42 Å². The minimum atomic E-state index is 0.158. The Morgan fingerprint density at radius 3 is 2.80 bits per heavy atom. The average molecular weight is 141 g/mol. The lowest BCUT2D eigenvalue weighted by Gasteiger charge is -1.87. The molecule has 10 heavy (non-hydrogen) atoms. The number of hydrogen-bond donors (Lipinski definition) is 1. The predicted molar refractivity (Wildman–Crippen MR) is 37.3 cm³/mol. The van der Waals surface area contributed by atoms with Crippen LogP contribution in [-0.2, 0) is 6.42 Å². The summed E-state index contributed by atoms with van der Waals surface area (Å²) in [6.07, 6.45) is 3.03. The molecule has 0 aliphatic carbocycles. The maximum Gasteiger partial charge on any atom is 0.312 e. The van der Waals surface area contributed by atoms with Gasteiger partial charge in [0.25, 0.3) is 0 Å². The van der Waals surface area contributed by atoms with Crippen molar-refractivity contribution in [3.63, 3.8) is 0 Å². The van der Waals surface area contributed by atoms with Crippen molar-refractivity contribution in [2.75, 3.05) is 5.73 Å². The van der Waals surface area contributed by atoms with E-state index in [1.54, 1.807) is 0 Å². The van der Waals surface area contributed by atoms with Crippen LogP contribution in [0.2, 0.25) is 0 Å². The van der Waals surface area contributed by atoms with Crippen LogP contribution in [0.5, 0.6) is 0 Å². The second kappa shape index (κ2) is 3.20. The SMILES string of the molecule is CCCCc1nnc(N)o1. The van der Waals surface area contributed by atoms with E-state index in [1.807, 2.05) is 0 Å². The lowest BCUT2D eigenvalue weighted by atomic mass is 10.2. The fourth-order valence-electron chi connectivity index (χ4n) is 0.696. The zero-order valence-corrected chi connectivity index (χ0v) is 6.00. The molecule has 0 saturated heterocycles. The molecule has 2 N–H and O–H groups in total. The van der Waals surface area contributed by atoms with Crippen LogP contribution in [0, 0.1) is 0 Å². The van der Waals surface area contributed by atoms with E-state index in [2.05, 4.69) is 17.1 Å². The van der Waals surface area contributed by atoms with Gasteiger partial charge in [0.15, 0.2) is 0 Å². The molecule has 0 bridgehead atoms. The highest BCUT2D eigenvalue weighted by molar-refractivity contribution is 5.04. The summed E-state index contributed by atoms with van der Waals surface area (Å²) >= 11 is 0. The van der Waals surface area contributed by atoms with Crippen LogP contribution in [0.1, 0.15) is 25.7 Å². The Balaban J connectivity index is 2.42. The number of nitrogens with zero attached hydrogens (tertiary/aromatic N) is 2. The van der Waals surface area contributed by atoms with Crippen molar-refractivity contribution in [2.24, 2.45) is 0 Å². The van der Waals surface area contributed by atoms with Gasteiger partial charge in [-0.15, -0.1) is 5.10 Å². The van der Waals surface area contributed by atoms with E-state index in [4.69, 9.17) is 10.2 Å². The van der Waals surface area contributed by atoms with E-state index in [1.165, 1.54) is 0 Å². The first kappa shape index (κ1) is 7.05. The summed E-state index contributed by atoms with van der Waals surface area (Å²) in [6.45, 7) is 2.11. The number of rotatable bonds is 3. The van der Waals surface area contributed by atoms with Gasteiger partial charge in [-0.2, -0.15) is 0 Å². The topological polar surface area (TPSA) is 64.9 Å². The second-order valence-corrected chi connectivity index (χ2v) is 2.14. The number of nitrogens with two attached hydrogens (primary N) is 1. The van der Waals surface area contributed by atoms with Crippen LogP contribution in [-0.4, -0.2) is 10.2 Å². The summed E-state index contributed by atoms with van der Waals surface area (Å²) in [6, 6.07) is 0.158. The number of unbranched alkanes of at least 4 members (excludes halogenated alkanes) is 1. The average Bonchev–Trinajstić information content (AvgIpc) is 2.31. The largest absolute Gasteiger partial charge is 0.408 e. The first-order chi connectivity index (χ1) is 4.83. The highest BCUT2D eigenvalue weighted by Gasteiger charge is 1.99. The molecule has 0 aliphatic rings. The van der Waals surface area contributed by atoms with E-state index in [0.717, 1.165) is 19.3 Å². The molecule has 1 heterocycles. The third kappa shape index (κ3) is 1.72. The Labute approximate surface area is 59.4 Å². The van der Waals surface area contributed by atoms with Crippen LogP contribution in [0.3, 0.4) is 0 Å². The summed E-state index contributed by atoms with van der Waals surface area (Å²) in [5, 5.41) is 7.24. The Hall–Kier alpha value is -1.06. The van der Waals surface area contributed by atoms with E-state index < -0.39 is 0 Å². The van der Waals surface area contributed by atoms with E-state index >= 15 is 0 Å². The highest BCUT2D eigenvalue weighted by Crippen LogP contribution is 2.03. The zero-order valence-electron chi connectivity index (χ0n) is 6.00. The molecule has 1 aromatic heterocycles. The van der Waals surface area contributed by atoms with Crippen molar-refractivity contribution >= 4 is 6.01 Å². The molecule has 0 radical (unpaired) electrons. The van der Waals surface area contributed by atoms with Gasteiger partial charge in [-0.25, -0.2) is 0 Å². The molecule has 0 amide bonds. The van der Waals surface area contributed by atoms with Gasteiger partial charge in [0.2, 0.25) is 5.89 Å².